The molecule has 27 heavy (non-hydrogen) atoms. The molecule has 0 spiro atoms. The number of aromatic nitrogens is 2. The van der Waals surface area contributed by atoms with Gasteiger partial charge in [-0.1, -0.05) is 29.8 Å². The van der Waals surface area contributed by atoms with Crippen molar-refractivity contribution in [2.45, 2.75) is 20.4 Å². The second-order valence-corrected chi connectivity index (χ2v) is 6.81. The van der Waals surface area contributed by atoms with Crippen LogP contribution in [0.15, 0.2) is 59.0 Å². The minimum absolute atomic E-state index is 0.262. The lowest BCUT2D eigenvalue weighted by Gasteiger charge is -2.06. The zero-order valence-electron chi connectivity index (χ0n) is 15.0. The van der Waals surface area contributed by atoms with Crippen LogP contribution in [-0.2, 0) is 6.54 Å². The van der Waals surface area contributed by atoms with E-state index in [9.17, 15) is 4.79 Å². The molecule has 0 unspecified atom stereocenters. The Morgan fingerprint density at radius 2 is 1.93 bits per heavy atom. The largest absolute Gasteiger partial charge is 0.451 e. The first-order chi connectivity index (χ1) is 13.0. The van der Waals surface area contributed by atoms with E-state index in [-0.39, 0.29) is 11.7 Å². The number of benzene rings is 2. The van der Waals surface area contributed by atoms with E-state index in [1.807, 2.05) is 48.9 Å². The highest BCUT2D eigenvalue weighted by atomic mass is 35.5. The zero-order chi connectivity index (χ0) is 19.0. The fraction of sp³-hybridized carbons (Fsp3) is 0.143. The maximum absolute atomic E-state index is 12.5. The number of carbonyl (C=O) groups excluding carboxylic acids is 1. The first kappa shape index (κ1) is 17.4. The van der Waals surface area contributed by atoms with Crippen LogP contribution in [0.4, 0.5) is 0 Å². The van der Waals surface area contributed by atoms with Crippen molar-refractivity contribution in [1.82, 2.24) is 15.1 Å². The first-order valence-electron chi connectivity index (χ1n) is 8.61. The molecule has 0 saturated heterocycles. The Bertz CT molecular complexity index is 1130. The van der Waals surface area contributed by atoms with E-state index in [0.717, 1.165) is 28.0 Å². The van der Waals surface area contributed by atoms with Gasteiger partial charge in [0.05, 0.1) is 11.4 Å². The highest BCUT2D eigenvalue weighted by Gasteiger charge is 2.16. The summed E-state index contributed by atoms with van der Waals surface area (Å²) >= 11 is 5.98. The molecule has 1 N–H and O–H groups in total. The van der Waals surface area contributed by atoms with Crippen LogP contribution in [0, 0.1) is 13.8 Å². The molecule has 0 bridgehead atoms. The number of para-hydroxylation sites is 1. The van der Waals surface area contributed by atoms with E-state index in [1.54, 1.807) is 24.3 Å². The van der Waals surface area contributed by atoms with Gasteiger partial charge in [-0.15, -0.1) is 0 Å². The van der Waals surface area contributed by atoms with Crippen molar-refractivity contribution in [2.75, 3.05) is 0 Å². The summed E-state index contributed by atoms with van der Waals surface area (Å²) in [4.78, 5) is 12.5. The van der Waals surface area contributed by atoms with Gasteiger partial charge in [-0.3, -0.25) is 4.79 Å². The summed E-state index contributed by atoms with van der Waals surface area (Å²) < 4.78 is 7.51. The Labute approximate surface area is 161 Å². The number of hydrogen-bond donors (Lipinski definition) is 1. The first-order valence-corrected chi connectivity index (χ1v) is 8.98. The molecule has 0 atom stereocenters. The Morgan fingerprint density at radius 1 is 1.15 bits per heavy atom. The molecule has 2 aromatic heterocycles. The van der Waals surface area contributed by atoms with Crippen molar-refractivity contribution >= 4 is 28.5 Å². The second kappa shape index (κ2) is 6.93. The van der Waals surface area contributed by atoms with E-state index < -0.39 is 0 Å². The number of carbonyl (C=O) groups is 1. The summed E-state index contributed by atoms with van der Waals surface area (Å²) in [6.07, 6.45) is 0. The number of nitrogens with one attached hydrogen (secondary N) is 1. The van der Waals surface area contributed by atoms with Crippen LogP contribution < -0.4 is 5.32 Å². The van der Waals surface area contributed by atoms with E-state index in [1.165, 1.54) is 0 Å². The van der Waals surface area contributed by atoms with Crippen LogP contribution in [0.3, 0.4) is 0 Å². The number of fused-ring (bicyclic) bond motifs is 1. The second-order valence-electron chi connectivity index (χ2n) is 6.37. The standard InChI is InChI=1S/C21H18ClN3O2/c1-13-18(14(2)25(24-13)17-6-4-3-5-7-17)12-23-21(26)20-11-15-10-16(22)8-9-19(15)27-20/h3-11H,12H2,1-2H3,(H,23,26). The molecule has 4 aromatic rings. The van der Waals surface area contributed by atoms with Gasteiger partial charge >= 0.3 is 0 Å². The van der Waals surface area contributed by atoms with Gasteiger partial charge in [0.1, 0.15) is 5.58 Å². The van der Waals surface area contributed by atoms with E-state index >= 15 is 0 Å². The van der Waals surface area contributed by atoms with Crippen LogP contribution in [0.2, 0.25) is 5.02 Å². The van der Waals surface area contributed by atoms with Crippen LogP contribution in [0.5, 0.6) is 0 Å². The molecule has 0 saturated carbocycles. The normalized spacial score (nSPS) is 11.1. The monoisotopic (exact) mass is 379 g/mol. The third-order valence-corrected chi connectivity index (χ3v) is 4.80. The Hall–Kier alpha value is -3.05. The molecule has 4 rings (SSSR count). The Morgan fingerprint density at radius 3 is 2.70 bits per heavy atom. The lowest BCUT2D eigenvalue weighted by atomic mass is 10.2. The van der Waals surface area contributed by atoms with Gasteiger partial charge in [-0.25, -0.2) is 4.68 Å². The van der Waals surface area contributed by atoms with Crippen LogP contribution in [-0.4, -0.2) is 15.7 Å². The van der Waals surface area contributed by atoms with Gasteiger partial charge in [-0.05, 0) is 50.2 Å². The van der Waals surface area contributed by atoms with Gasteiger partial charge in [0.25, 0.3) is 5.91 Å². The molecule has 0 aliphatic heterocycles. The maximum atomic E-state index is 12.5. The highest BCUT2D eigenvalue weighted by molar-refractivity contribution is 6.31. The van der Waals surface area contributed by atoms with Crippen molar-refractivity contribution in [1.29, 1.82) is 0 Å². The predicted molar refractivity (Wildman–Crippen MR) is 105 cm³/mol. The number of halogens is 1. The minimum atomic E-state index is -0.270. The van der Waals surface area contributed by atoms with Gasteiger partial charge in [0.2, 0.25) is 0 Å². The van der Waals surface area contributed by atoms with Gasteiger partial charge in [0.15, 0.2) is 5.76 Å². The molecule has 0 aliphatic carbocycles. The fourth-order valence-electron chi connectivity index (χ4n) is 3.13. The topological polar surface area (TPSA) is 60.1 Å². The maximum Gasteiger partial charge on any atom is 0.287 e. The Kier molecular flexibility index (Phi) is 4.46. The Balaban J connectivity index is 1.54. The SMILES string of the molecule is Cc1nn(-c2ccccc2)c(C)c1CNC(=O)c1cc2cc(Cl)ccc2o1. The lowest BCUT2D eigenvalue weighted by Crippen LogP contribution is -2.22. The molecule has 6 heteroatoms. The van der Waals surface area contributed by atoms with Gasteiger partial charge in [0, 0.05) is 28.2 Å². The van der Waals surface area contributed by atoms with E-state index in [4.69, 9.17) is 16.0 Å². The molecule has 5 nitrogen and oxygen atoms in total. The molecular formula is C21H18ClN3O2. The van der Waals surface area contributed by atoms with Crippen molar-refractivity contribution in [2.24, 2.45) is 0 Å². The number of hydrogen-bond acceptors (Lipinski definition) is 3. The van der Waals surface area contributed by atoms with Crippen molar-refractivity contribution < 1.29 is 9.21 Å². The van der Waals surface area contributed by atoms with Gasteiger partial charge in [-0.2, -0.15) is 5.10 Å². The molecule has 0 fully saturated rings. The molecule has 0 aliphatic rings. The summed E-state index contributed by atoms with van der Waals surface area (Å²) in [7, 11) is 0. The van der Waals surface area contributed by atoms with Crippen LogP contribution in [0.25, 0.3) is 16.7 Å². The summed E-state index contributed by atoms with van der Waals surface area (Å²) in [5.41, 5.74) is 4.49. The predicted octanol–water partition coefficient (Wildman–Crippen LogP) is 4.82. The summed E-state index contributed by atoms with van der Waals surface area (Å²) in [6, 6.07) is 16.9. The third-order valence-electron chi connectivity index (χ3n) is 4.57. The zero-order valence-corrected chi connectivity index (χ0v) is 15.7. The molecule has 2 heterocycles. The average molecular weight is 380 g/mol. The number of furan rings is 1. The van der Waals surface area contributed by atoms with Crippen LogP contribution >= 0.6 is 11.6 Å². The van der Waals surface area contributed by atoms with Crippen molar-refractivity contribution in [3.63, 3.8) is 0 Å². The average Bonchev–Trinajstić information content (AvgIpc) is 3.21. The van der Waals surface area contributed by atoms with Gasteiger partial charge < -0.3 is 9.73 Å². The quantitative estimate of drug-likeness (QED) is 0.553. The lowest BCUT2D eigenvalue weighted by molar-refractivity contribution is 0.0925. The van der Waals surface area contributed by atoms with E-state index in [2.05, 4.69) is 10.4 Å². The highest BCUT2D eigenvalue weighted by Crippen LogP contribution is 2.23. The van der Waals surface area contributed by atoms with Crippen LogP contribution in [0.1, 0.15) is 27.5 Å². The number of amides is 1. The molecular weight excluding hydrogens is 362 g/mol. The van der Waals surface area contributed by atoms with Crippen molar-refractivity contribution in [3.05, 3.63) is 82.3 Å². The summed E-state index contributed by atoms with van der Waals surface area (Å²) in [6.45, 7) is 4.32. The van der Waals surface area contributed by atoms with E-state index in [0.29, 0.717) is 17.2 Å². The fourth-order valence-corrected chi connectivity index (χ4v) is 3.31. The molecule has 0 radical (unpaired) electrons. The third kappa shape index (κ3) is 3.34. The molecule has 2 aromatic carbocycles. The molecule has 136 valence electrons. The number of rotatable bonds is 4. The summed E-state index contributed by atoms with van der Waals surface area (Å²) in [5, 5.41) is 8.93. The number of nitrogens with zero attached hydrogens (tertiary/aromatic N) is 2. The number of aryl methyl sites for hydroxylation is 1. The smallest absolute Gasteiger partial charge is 0.287 e. The molecule has 1 amide bonds. The minimum Gasteiger partial charge on any atom is -0.451 e. The summed E-state index contributed by atoms with van der Waals surface area (Å²) in [5.74, 6) is -0.00777. The van der Waals surface area contributed by atoms with Crippen molar-refractivity contribution in [3.8, 4) is 5.69 Å².